The van der Waals surface area contributed by atoms with Crippen molar-refractivity contribution < 1.29 is 0 Å². The molecular formula is C25H27N7S. The van der Waals surface area contributed by atoms with Crippen molar-refractivity contribution in [3.63, 3.8) is 0 Å². The highest BCUT2D eigenvalue weighted by atomic mass is 32.1. The Morgan fingerprint density at radius 1 is 1.06 bits per heavy atom. The molecular weight excluding hydrogens is 430 g/mol. The quantitative estimate of drug-likeness (QED) is 0.384. The molecule has 7 nitrogen and oxygen atoms in total. The maximum Gasteiger partial charge on any atom is 0.138 e. The summed E-state index contributed by atoms with van der Waals surface area (Å²) in [6.45, 7) is 4.05. The molecule has 1 atom stereocenters. The third-order valence-electron chi connectivity index (χ3n) is 6.81. The number of piperazine rings is 1. The van der Waals surface area contributed by atoms with Crippen molar-refractivity contribution in [3.8, 4) is 0 Å². The van der Waals surface area contributed by atoms with Crippen molar-refractivity contribution in [2.24, 2.45) is 0 Å². The van der Waals surface area contributed by atoms with Crippen molar-refractivity contribution in [2.75, 3.05) is 36.4 Å². The van der Waals surface area contributed by atoms with Crippen LogP contribution >= 0.6 is 12.2 Å². The molecule has 0 aromatic carbocycles. The topological polar surface area (TPSA) is 81.8 Å². The summed E-state index contributed by atoms with van der Waals surface area (Å²) in [7, 11) is 0. The van der Waals surface area contributed by atoms with Crippen molar-refractivity contribution in [1.82, 2.24) is 25.3 Å². The first kappa shape index (κ1) is 20.5. The van der Waals surface area contributed by atoms with Crippen molar-refractivity contribution in [2.45, 2.75) is 31.6 Å². The zero-order valence-electron chi connectivity index (χ0n) is 18.5. The van der Waals surface area contributed by atoms with E-state index < -0.39 is 0 Å². The van der Waals surface area contributed by atoms with Gasteiger partial charge in [0.15, 0.2) is 0 Å². The summed E-state index contributed by atoms with van der Waals surface area (Å²) < 4.78 is 0. The van der Waals surface area contributed by atoms with Crippen LogP contribution in [0.3, 0.4) is 0 Å². The fourth-order valence-electron chi connectivity index (χ4n) is 5.14. The minimum atomic E-state index is 0.428. The molecule has 2 fully saturated rings. The van der Waals surface area contributed by atoms with E-state index in [2.05, 4.69) is 42.6 Å². The third-order valence-corrected chi connectivity index (χ3v) is 7.18. The van der Waals surface area contributed by atoms with Crippen LogP contribution in [0.15, 0.2) is 43.0 Å². The van der Waals surface area contributed by atoms with Crippen LogP contribution in [0.2, 0.25) is 0 Å². The number of nitrogens with one attached hydrogen (secondary N) is 3. The Kier molecular flexibility index (Phi) is 5.39. The number of hydrogen-bond acceptors (Lipinski definition) is 7. The van der Waals surface area contributed by atoms with E-state index in [1.807, 2.05) is 30.9 Å². The van der Waals surface area contributed by atoms with Gasteiger partial charge in [-0.05, 0) is 60.2 Å². The fourth-order valence-corrected chi connectivity index (χ4v) is 5.49. The number of aromatic nitrogens is 4. The Labute approximate surface area is 198 Å². The van der Waals surface area contributed by atoms with Gasteiger partial charge < -0.3 is 20.5 Å². The molecule has 5 heterocycles. The largest absolute Gasteiger partial charge is 0.368 e. The lowest BCUT2D eigenvalue weighted by atomic mass is 9.83. The molecule has 1 aliphatic carbocycles. The Morgan fingerprint density at radius 2 is 1.97 bits per heavy atom. The van der Waals surface area contributed by atoms with Crippen LogP contribution in [0.4, 0.5) is 17.2 Å². The van der Waals surface area contributed by atoms with Crippen LogP contribution in [-0.4, -0.2) is 51.0 Å². The van der Waals surface area contributed by atoms with E-state index >= 15 is 0 Å². The van der Waals surface area contributed by atoms with E-state index in [1.165, 1.54) is 15.8 Å². The molecule has 0 amide bonds. The second-order valence-electron chi connectivity index (χ2n) is 8.99. The first-order valence-corrected chi connectivity index (χ1v) is 12.1. The number of anilines is 3. The number of H-pyrrole nitrogens is 1. The van der Waals surface area contributed by atoms with Gasteiger partial charge in [0.2, 0.25) is 0 Å². The standard InChI is InChI=1S/C25H27N7S/c33-19-3-1-2-16(10-19)21-14-27-15-22-24(21)20-11-17(12-29-25(20)31-22)30-23-5-4-18(13-28-23)32-8-6-26-7-9-32/h4-5,11-16,26H,1-3,6-10H2,(H,28,30)(H,29,31). The molecule has 1 saturated heterocycles. The zero-order valence-corrected chi connectivity index (χ0v) is 19.3. The molecule has 6 rings (SSSR count). The molecule has 0 bridgehead atoms. The van der Waals surface area contributed by atoms with Crippen LogP contribution in [0.1, 0.15) is 37.2 Å². The molecule has 1 aliphatic heterocycles. The summed E-state index contributed by atoms with van der Waals surface area (Å²) in [5.74, 6) is 1.24. The van der Waals surface area contributed by atoms with Gasteiger partial charge in [0.1, 0.15) is 11.5 Å². The highest BCUT2D eigenvalue weighted by Gasteiger charge is 2.23. The van der Waals surface area contributed by atoms with E-state index in [9.17, 15) is 0 Å². The number of hydrogen-bond donors (Lipinski definition) is 3. The number of rotatable bonds is 4. The number of fused-ring (bicyclic) bond motifs is 3. The monoisotopic (exact) mass is 457 g/mol. The predicted octanol–water partition coefficient (Wildman–Crippen LogP) is 4.69. The first-order chi connectivity index (χ1) is 16.2. The molecule has 0 radical (unpaired) electrons. The Hall–Kier alpha value is -3.10. The van der Waals surface area contributed by atoms with Crippen LogP contribution in [0, 0.1) is 0 Å². The van der Waals surface area contributed by atoms with E-state index in [0.717, 1.165) is 85.6 Å². The van der Waals surface area contributed by atoms with Crippen LogP contribution in [0.25, 0.3) is 21.9 Å². The maximum atomic E-state index is 5.56. The molecule has 2 aliphatic rings. The average molecular weight is 458 g/mol. The van der Waals surface area contributed by atoms with E-state index in [-0.39, 0.29) is 0 Å². The molecule has 33 heavy (non-hydrogen) atoms. The Morgan fingerprint density at radius 3 is 2.79 bits per heavy atom. The summed E-state index contributed by atoms with van der Waals surface area (Å²) in [5.41, 5.74) is 5.27. The smallest absolute Gasteiger partial charge is 0.138 e. The molecule has 1 unspecified atom stereocenters. The van der Waals surface area contributed by atoms with Crippen molar-refractivity contribution >= 4 is 56.2 Å². The minimum Gasteiger partial charge on any atom is -0.368 e. The number of pyridine rings is 3. The highest BCUT2D eigenvalue weighted by molar-refractivity contribution is 7.80. The summed E-state index contributed by atoms with van der Waals surface area (Å²) in [5, 5.41) is 9.15. The SMILES string of the molecule is S=C1CCCC(c2cncc3[nH]c4ncc(Nc5ccc(N6CCNCC6)cn5)cc4c23)C1. The molecule has 1 saturated carbocycles. The lowest BCUT2D eigenvalue weighted by Crippen LogP contribution is -2.43. The van der Waals surface area contributed by atoms with Crippen molar-refractivity contribution in [3.05, 3.63) is 48.5 Å². The zero-order chi connectivity index (χ0) is 22.2. The Balaban J connectivity index is 1.31. The Bertz CT molecular complexity index is 1310. The normalized spacial score (nSPS) is 19.3. The van der Waals surface area contributed by atoms with Crippen LogP contribution in [0.5, 0.6) is 0 Å². The average Bonchev–Trinajstić information content (AvgIpc) is 3.23. The third kappa shape index (κ3) is 4.05. The lowest BCUT2D eigenvalue weighted by molar-refractivity contribution is 0.586. The molecule has 8 heteroatoms. The summed E-state index contributed by atoms with van der Waals surface area (Å²) >= 11 is 5.56. The van der Waals surface area contributed by atoms with Crippen LogP contribution < -0.4 is 15.5 Å². The summed E-state index contributed by atoms with van der Waals surface area (Å²) in [4.78, 5) is 20.8. The van der Waals surface area contributed by atoms with Gasteiger partial charge in [-0.3, -0.25) is 4.98 Å². The van der Waals surface area contributed by atoms with E-state index in [4.69, 9.17) is 17.2 Å². The molecule has 4 aromatic heterocycles. The highest BCUT2D eigenvalue weighted by Crippen LogP contribution is 2.38. The first-order valence-electron chi connectivity index (χ1n) is 11.7. The van der Waals surface area contributed by atoms with Gasteiger partial charge in [-0.1, -0.05) is 12.2 Å². The second kappa shape index (κ2) is 8.68. The van der Waals surface area contributed by atoms with Crippen molar-refractivity contribution in [1.29, 1.82) is 0 Å². The number of aromatic amines is 1. The van der Waals surface area contributed by atoms with Gasteiger partial charge in [0.25, 0.3) is 0 Å². The molecule has 3 N–H and O–H groups in total. The molecule has 0 spiro atoms. The summed E-state index contributed by atoms with van der Waals surface area (Å²) in [6.07, 6.45) is 12.1. The molecule has 168 valence electrons. The van der Waals surface area contributed by atoms with Gasteiger partial charge in [-0.15, -0.1) is 0 Å². The summed E-state index contributed by atoms with van der Waals surface area (Å²) in [6, 6.07) is 6.33. The second-order valence-corrected chi connectivity index (χ2v) is 9.57. The maximum absolute atomic E-state index is 5.56. The van der Waals surface area contributed by atoms with E-state index in [0.29, 0.717) is 5.92 Å². The van der Waals surface area contributed by atoms with Gasteiger partial charge in [-0.2, -0.15) is 0 Å². The van der Waals surface area contributed by atoms with Gasteiger partial charge in [-0.25, -0.2) is 9.97 Å². The van der Waals surface area contributed by atoms with Gasteiger partial charge in [0.05, 0.1) is 35.5 Å². The van der Waals surface area contributed by atoms with Gasteiger partial charge >= 0.3 is 0 Å². The number of nitrogens with zero attached hydrogens (tertiary/aromatic N) is 4. The fraction of sp³-hybridized carbons (Fsp3) is 0.360. The van der Waals surface area contributed by atoms with Crippen LogP contribution in [-0.2, 0) is 0 Å². The van der Waals surface area contributed by atoms with E-state index in [1.54, 1.807) is 0 Å². The molecule has 4 aromatic rings. The minimum absolute atomic E-state index is 0.428. The lowest BCUT2D eigenvalue weighted by Gasteiger charge is -2.29. The predicted molar refractivity (Wildman–Crippen MR) is 138 cm³/mol. The number of thiocarbonyl (C=S) groups is 1. The van der Waals surface area contributed by atoms with Gasteiger partial charge in [0, 0.05) is 43.1 Å².